The van der Waals surface area contributed by atoms with E-state index in [1.54, 1.807) is 18.3 Å². The van der Waals surface area contributed by atoms with E-state index < -0.39 is 0 Å². The third-order valence-electron chi connectivity index (χ3n) is 2.71. The average Bonchev–Trinajstić information content (AvgIpc) is 2.41. The second-order valence-corrected chi connectivity index (χ2v) is 4.32. The van der Waals surface area contributed by atoms with Crippen molar-refractivity contribution in [2.45, 2.75) is 12.8 Å². The van der Waals surface area contributed by atoms with E-state index in [1.165, 1.54) is 0 Å². The molecule has 0 aliphatic carbocycles. The Hall–Kier alpha value is -1.87. The summed E-state index contributed by atoms with van der Waals surface area (Å²) in [4.78, 5) is 16.0. The summed E-state index contributed by atoms with van der Waals surface area (Å²) in [5.41, 5.74) is 1.50. The Labute approximate surface area is 111 Å². The standard InChI is InChI=1S/C14H13ClN2O/c1-10(11-6-3-2-4-7-11)14(18)17-12-8-5-9-16-13(12)15/h2-10H,1H3,(H,17,18). The van der Waals surface area contributed by atoms with Gasteiger partial charge in [-0.15, -0.1) is 0 Å². The molecule has 2 aromatic rings. The number of carbonyl (C=O) groups is 1. The lowest BCUT2D eigenvalue weighted by atomic mass is 10.0. The summed E-state index contributed by atoms with van der Waals surface area (Å²) < 4.78 is 0. The molecule has 3 nitrogen and oxygen atoms in total. The maximum absolute atomic E-state index is 12.1. The van der Waals surface area contributed by atoms with Gasteiger partial charge in [0.2, 0.25) is 5.91 Å². The highest BCUT2D eigenvalue weighted by Gasteiger charge is 2.15. The Morgan fingerprint density at radius 1 is 1.22 bits per heavy atom. The largest absolute Gasteiger partial charge is 0.323 e. The van der Waals surface area contributed by atoms with Gasteiger partial charge in [-0.25, -0.2) is 4.98 Å². The molecule has 1 amide bonds. The Balaban J connectivity index is 2.12. The fraction of sp³-hybridized carbons (Fsp3) is 0.143. The Morgan fingerprint density at radius 2 is 1.94 bits per heavy atom. The van der Waals surface area contributed by atoms with Crippen molar-refractivity contribution in [2.24, 2.45) is 0 Å². The van der Waals surface area contributed by atoms with Crippen LogP contribution in [0, 0.1) is 0 Å². The topological polar surface area (TPSA) is 42.0 Å². The minimum atomic E-state index is -0.234. The molecule has 1 atom stereocenters. The smallest absolute Gasteiger partial charge is 0.231 e. The van der Waals surface area contributed by atoms with E-state index >= 15 is 0 Å². The minimum Gasteiger partial charge on any atom is -0.323 e. The van der Waals surface area contributed by atoms with Gasteiger partial charge in [-0.05, 0) is 24.6 Å². The van der Waals surface area contributed by atoms with Gasteiger partial charge in [0.25, 0.3) is 0 Å². The van der Waals surface area contributed by atoms with Gasteiger partial charge in [-0.1, -0.05) is 41.9 Å². The molecule has 0 saturated heterocycles. The number of aromatic nitrogens is 1. The van der Waals surface area contributed by atoms with E-state index in [0.717, 1.165) is 5.56 Å². The summed E-state index contributed by atoms with van der Waals surface area (Å²) in [6.07, 6.45) is 1.58. The average molecular weight is 261 g/mol. The number of nitrogens with one attached hydrogen (secondary N) is 1. The third kappa shape index (κ3) is 2.87. The van der Waals surface area contributed by atoms with Crippen LogP contribution in [-0.2, 0) is 4.79 Å². The first kappa shape index (κ1) is 12.6. The van der Waals surface area contributed by atoms with Crippen LogP contribution < -0.4 is 5.32 Å². The zero-order valence-electron chi connectivity index (χ0n) is 9.93. The molecule has 2 rings (SSSR count). The van der Waals surface area contributed by atoms with Gasteiger partial charge in [-0.2, -0.15) is 0 Å². The van der Waals surface area contributed by atoms with Crippen LogP contribution >= 0.6 is 11.6 Å². The molecule has 0 radical (unpaired) electrons. The normalized spacial score (nSPS) is 11.9. The molecule has 0 spiro atoms. The van der Waals surface area contributed by atoms with Crippen LogP contribution in [0.2, 0.25) is 5.15 Å². The number of pyridine rings is 1. The van der Waals surface area contributed by atoms with Crippen molar-refractivity contribution in [3.8, 4) is 0 Å². The molecule has 1 N–H and O–H groups in total. The van der Waals surface area contributed by atoms with Crippen LogP contribution in [0.25, 0.3) is 0 Å². The van der Waals surface area contributed by atoms with Gasteiger partial charge < -0.3 is 5.32 Å². The van der Waals surface area contributed by atoms with Crippen LogP contribution in [0.3, 0.4) is 0 Å². The lowest BCUT2D eigenvalue weighted by molar-refractivity contribution is -0.117. The van der Waals surface area contributed by atoms with E-state index in [1.807, 2.05) is 37.3 Å². The number of halogens is 1. The maximum Gasteiger partial charge on any atom is 0.231 e. The predicted molar refractivity (Wildman–Crippen MR) is 72.7 cm³/mol. The van der Waals surface area contributed by atoms with E-state index in [-0.39, 0.29) is 11.8 Å². The number of carbonyl (C=O) groups excluding carboxylic acids is 1. The summed E-state index contributed by atoms with van der Waals surface area (Å²) >= 11 is 5.89. The molecule has 4 heteroatoms. The molecule has 0 aliphatic heterocycles. The van der Waals surface area contributed by atoms with Crippen LogP contribution in [0.1, 0.15) is 18.4 Å². The molecular weight excluding hydrogens is 248 g/mol. The van der Waals surface area contributed by atoms with Gasteiger partial charge in [0.15, 0.2) is 5.15 Å². The van der Waals surface area contributed by atoms with Crippen LogP contribution in [-0.4, -0.2) is 10.9 Å². The first-order chi connectivity index (χ1) is 8.68. The summed E-state index contributed by atoms with van der Waals surface area (Å²) in [6.45, 7) is 1.86. The van der Waals surface area contributed by atoms with E-state index in [2.05, 4.69) is 10.3 Å². The summed E-state index contributed by atoms with van der Waals surface area (Å²) in [5, 5.41) is 3.07. The molecule has 1 aromatic carbocycles. The molecule has 0 aliphatic rings. The fourth-order valence-electron chi connectivity index (χ4n) is 1.61. The highest BCUT2D eigenvalue weighted by atomic mass is 35.5. The molecule has 1 aromatic heterocycles. The molecule has 0 saturated carbocycles. The van der Waals surface area contributed by atoms with Crippen molar-refractivity contribution in [3.63, 3.8) is 0 Å². The molecule has 0 bridgehead atoms. The third-order valence-corrected chi connectivity index (χ3v) is 3.01. The van der Waals surface area contributed by atoms with Gasteiger partial charge in [0.05, 0.1) is 11.6 Å². The number of rotatable bonds is 3. The SMILES string of the molecule is CC(C(=O)Nc1cccnc1Cl)c1ccccc1. The number of hydrogen-bond donors (Lipinski definition) is 1. The fourth-order valence-corrected chi connectivity index (χ4v) is 1.78. The quantitative estimate of drug-likeness (QED) is 0.859. The number of nitrogens with zero attached hydrogens (tertiary/aromatic N) is 1. The number of amides is 1. The van der Waals surface area contributed by atoms with Gasteiger partial charge in [-0.3, -0.25) is 4.79 Å². The van der Waals surface area contributed by atoms with Crippen LogP contribution in [0.5, 0.6) is 0 Å². The first-order valence-corrected chi connectivity index (χ1v) is 6.02. The van der Waals surface area contributed by atoms with E-state index in [9.17, 15) is 4.79 Å². The zero-order valence-corrected chi connectivity index (χ0v) is 10.7. The molecule has 1 heterocycles. The Kier molecular flexibility index (Phi) is 3.95. The number of benzene rings is 1. The highest BCUT2D eigenvalue weighted by molar-refractivity contribution is 6.32. The highest BCUT2D eigenvalue weighted by Crippen LogP contribution is 2.21. The second-order valence-electron chi connectivity index (χ2n) is 3.96. The lowest BCUT2D eigenvalue weighted by Crippen LogP contribution is -2.19. The van der Waals surface area contributed by atoms with Crippen molar-refractivity contribution in [3.05, 3.63) is 59.4 Å². The summed E-state index contributed by atoms with van der Waals surface area (Å²) in [6, 6.07) is 13.1. The van der Waals surface area contributed by atoms with Gasteiger partial charge >= 0.3 is 0 Å². The Morgan fingerprint density at radius 3 is 2.61 bits per heavy atom. The molecule has 1 unspecified atom stereocenters. The van der Waals surface area contributed by atoms with Crippen molar-refractivity contribution in [1.29, 1.82) is 0 Å². The zero-order chi connectivity index (χ0) is 13.0. The second kappa shape index (κ2) is 5.65. The summed E-state index contributed by atoms with van der Waals surface area (Å²) in [5.74, 6) is -0.335. The van der Waals surface area contributed by atoms with Crippen molar-refractivity contribution in [2.75, 3.05) is 5.32 Å². The molecule has 18 heavy (non-hydrogen) atoms. The van der Waals surface area contributed by atoms with Gasteiger partial charge in [0.1, 0.15) is 0 Å². The van der Waals surface area contributed by atoms with Crippen molar-refractivity contribution < 1.29 is 4.79 Å². The predicted octanol–water partition coefficient (Wildman–Crippen LogP) is 3.48. The van der Waals surface area contributed by atoms with Crippen molar-refractivity contribution in [1.82, 2.24) is 4.98 Å². The number of hydrogen-bond acceptors (Lipinski definition) is 2. The van der Waals surface area contributed by atoms with Crippen LogP contribution in [0.4, 0.5) is 5.69 Å². The molecular formula is C14H13ClN2O. The monoisotopic (exact) mass is 260 g/mol. The molecule has 0 fully saturated rings. The lowest BCUT2D eigenvalue weighted by Gasteiger charge is -2.12. The van der Waals surface area contributed by atoms with E-state index in [0.29, 0.717) is 10.8 Å². The maximum atomic E-state index is 12.1. The van der Waals surface area contributed by atoms with Crippen molar-refractivity contribution >= 4 is 23.2 Å². The summed E-state index contributed by atoms with van der Waals surface area (Å²) in [7, 11) is 0. The number of anilines is 1. The van der Waals surface area contributed by atoms with E-state index in [4.69, 9.17) is 11.6 Å². The first-order valence-electron chi connectivity index (χ1n) is 5.65. The minimum absolute atomic E-state index is 0.101. The molecule has 92 valence electrons. The Bertz CT molecular complexity index is 543. The van der Waals surface area contributed by atoms with Gasteiger partial charge in [0, 0.05) is 6.20 Å². The van der Waals surface area contributed by atoms with Crippen LogP contribution in [0.15, 0.2) is 48.7 Å².